The third-order valence-corrected chi connectivity index (χ3v) is 8.08. The number of nitrogens with zero attached hydrogens (tertiary/aromatic N) is 4. The molecule has 196 valence electrons. The number of benzene rings is 1. The van der Waals surface area contributed by atoms with Gasteiger partial charge < -0.3 is 10.2 Å². The van der Waals surface area contributed by atoms with Gasteiger partial charge in [0, 0.05) is 42.5 Å². The van der Waals surface area contributed by atoms with E-state index in [0.717, 1.165) is 49.6 Å². The van der Waals surface area contributed by atoms with Gasteiger partial charge in [-0.15, -0.1) is 0 Å². The van der Waals surface area contributed by atoms with Crippen LogP contribution in [0.2, 0.25) is 5.02 Å². The van der Waals surface area contributed by atoms with Crippen molar-refractivity contribution in [3.63, 3.8) is 0 Å². The molecule has 2 aliphatic heterocycles. The zero-order valence-corrected chi connectivity index (χ0v) is 23.1. The van der Waals surface area contributed by atoms with Crippen LogP contribution in [0.1, 0.15) is 69.8 Å². The third-order valence-electron chi connectivity index (χ3n) is 7.83. The fraction of sp³-hybridized carbons (Fsp3) is 0.607. The molecular formula is C28H40ClN5O2. The number of hydrogen-bond acceptors (Lipinski definition) is 4. The highest BCUT2D eigenvalue weighted by atomic mass is 35.5. The summed E-state index contributed by atoms with van der Waals surface area (Å²) in [6, 6.07) is 7.31. The molecule has 0 bridgehead atoms. The number of halogens is 1. The van der Waals surface area contributed by atoms with E-state index in [0.29, 0.717) is 36.7 Å². The predicted molar refractivity (Wildman–Crippen MR) is 143 cm³/mol. The molecule has 1 N–H and O–H groups in total. The zero-order chi connectivity index (χ0) is 26.0. The van der Waals surface area contributed by atoms with E-state index >= 15 is 0 Å². The highest BCUT2D eigenvalue weighted by Crippen LogP contribution is 2.35. The van der Waals surface area contributed by atoms with E-state index < -0.39 is 11.6 Å². The van der Waals surface area contributed by atoms with E-state index in [-0.39, 0.29) is 11.8 Å². The summed E-state index contributed by atoms with van der Waals surface area (Å²) >= 11 is 6.06. The van der Waals surface area contributed by atoms with Crippen molar-refractivity contribution in [3.05, 3.63) is 46.2 Å². The molecule has 2 saturated heterocycles. The highest BCUT2D eigenvalue weighted by molar-refractivity contribution is 6.30. The second kappa shape index (κ2) is 10.9. The van der Waals surface area contributed by atoms with Crippen LogP contribution >= 0.6 is 11.6 Å². The molecule has 2 amide bonds. The molecule has 1 unspecified atom stereocenters. The molecule has 2 fully saturated rings. The number of carbonyl (C=O) groups excluding carboxylic acids is 2. The van der Waals surface area contributed by atoms with Crippen LogP contribution in [0.3, 0.4) is 0 Å². The molecule has 8 heteroatoms. The molecule has 2 aliphatic rings. The van der Waals surface area contributed by atoms with E-state index in [4.69, 9.17) is 16.7 Å². The van der Waals surface area contributed by atoms with E-state index in [9.17, 15) is 9.59 Å². The Hall–Kier alpha value is -2.38. The average Bonchev–Trinajstić information content (AvgIpc) is 3.12. The normalized spacial score (nSPS) is 20.4. The second-order valence-corrected chi connectivity index (χ2v) is 11.3. The summed E-state index contributed by atoms with van der Waals surface area (Å²) in [5, 5.41) is 8.59. The Labute approximate surface area is 220 Å². The van der Waals surface area contributed by atoms with Crippen LogP contribution in [0.25, 0.3) is 5.69 Å². The number of aromatic nitrogens is 2. The minimum Gasteiger partial charge on any atom is -0.342 e. The van der Waals surface area contributed by atoms with Crippen molar-refractivity contribution in [1.29, 1.82) is 0 Å². The maximum absolute atomic E-state index is 13.5. The third kappa shape index (κ3) is 5.18. The van der Waals surface area contributed by atoms with E-state index in [1.165, 1.54) is 5.56 Å². The SMILES string of the molecule is CCCCN1C(=O)C(CC(C)C)NC(=O)C12CCN(Cc1c(C)nn(-c3ccc(Cl)cc3)c1C)CC2. The maximum Gasteiger partial charge on any atom is 0.246 e. The molecule has 0 radical (unpaired) electrons. The lowest BCUT2D eigenvalue weighted by Gasteiger charge is -2.52. The summed E-state index contributed by atoms with van der Waals surface area (Å²) < 4.78 is 1.97. The molecule has 4 rings (SSSR count). The maximum atomic E-state index is 13.5. The van der Waals surface area contributed by atoms with Gasteiger partial charge in [-0.3, -0.25) is 14.5 Å². The fourth-order valence-corrected chi connectivity index (χ4v) is 5.81. The first-order valence-corrected chi connectivity index (χ1v) is 13.7. The summed E-state index contributed by atoms with van der Waals surface area (Å²) in [7, 11) is 0. The van der Waals surface area contributed by atoms with Crippen molar-refractivity contribution >= 4 is 23.4 Å². The number of aryl methyl sites for hydroxylation is 1. The number of amides is 2. The molecule has 7 nitrogen and oxygen atoms in total. The number of unbranched alkanes of at least 4 members (excludes halogenated alkanes) is 1. The lowest BCUT2D eigenvalue weighted by Crippen LogP contribution is -2.73. The lowest BCUT2D eigenvalue weighted by molar-refractivity contribution is -0.161. The van der Waals surface area contributed by atoms with Gasteiger partial charge in [0.15, 0.2) is 0 Å². The number of rotatable bonds is 8. The van der Waals surface area contributed by atoms with E-state index in [1.807, 2.05) is 33.8 Å². The number of nitrogens with one attached hydrogen (secondary N) is 1. The molecule has 36 heavy (non-hydrogen) atoms. The van der Waals surface area contributed by atoms with Crippen molar-refractivity contribution in [3.8, 4) is 5.69 Å². The summed E-state index contributed by atoms with van der Waals surface area (Å²) in [4.78, 5) is 31.3. The van der Waals surface area contributed by atoms with Gasteiger partial charge in [0.25, 0.3) is 0 Å². The molecule has 1 aromatic heterocycles. The van der Waals surface area contributed by atoms with Crippen LogP contribution in [0.5, 0.6) is 0 Å². The Morgan fingerprint density at radius 1 is 1.14 bits per heavy atom. The van der Waals surface area contributed by atoms with Gasteiger partial charge in [0.1, 0.15) is 11.6 Å². The van der Waals surface area contributed by atoms with Crippen LogP contribution in [0.4, 0.5) is 0 Å². The minimum atomic E-state index is -0.728. The molecule has 0 aliphatic carbocycles. The summed E-state index contributed by atoms with van der Waals surface area (Å²) in [6.45, 7) is 13.4. The molecule has 2 aromatic rings. The zero-order valence-electron chi connectivity index (χ0n) is 22.3. The summed E-state index contributed by atoms with van der Waals surface area (Å²) in [5.41, 5.74) is 3.60. The molecule has 0 saturated carbocycles. The van der Waals surface area contributed by atoms with Crippen molar-refractivity contribution in [2.24, 2.45) is 5.92 Å². The number of piperazine rings is 1. The van der Waals surface area contributed by atoms with Crippen LogP contribution in [-0.2, 0) is 16.1 Å². The van der Waals surface area contributed by atoms with Gasteiger partial charge in [0.05, 0.1) is 11.4 Å². The smallest absolute Gasteiger partial charge is 0.246 e. The highest BCUT2D eigenvalue weighted by Gasteiger charge is 2.53. The standard InChI is InChI=1S/C28H40ClN5O2/c1-6-7-14-33-26(35)25(17-19(2)3)30-27(36)28(33)12-15-32(16-13-28)18-24-20(4)31-34(21(24)5)23-10-8-22(29)9-11-23/h8-11,19,25H,6-7,12-18H2,1-5H3,(H,30,36). The molecule has 1 aromatic carbocycles. The van der Waals surface area contributed by atoms with Gasteiger partial charge in [-0.2, -0.15) is 5.10 Å². The van der Waals surface area contributed by atoms with E-state index in [1.54, 1.807) is 0 Å². The largest absolute Gasteiger partial charge is 0.342 e. The Kier molecular flexibility index (Phi) is 8.10. The number of hydrogen-bond donors (Lipinski definition) is 1. The Morgan fingerprint density at radius 2 is 1.81 bits per heavy atom. The molecule has 3 heterocycles. The topological polar surface area (TPSA) is 70.5 Å². The summed E-state index contributed by atoms with van der Waals surface area (Å²) in [5.74, 6) is 0.482. The predicted octanol–water partition coefficient (Wildman–Crippen LogP) is 4.65. The first kappa shape index (κ1) is 26.7. The first-order valence-electron chi connectivity index (χ1n) is 13.3. The van der Waals surface area contributed by atoms with Crippen molar-refractivity contribution in [1.82, 2.24) is 24.9 Å². The van der Waals surface area contributed by atoms with Crippen LogP contribution in [0, 0.1) is 19.8 Å². The monoisotopic (exact) mass is 513 g/mol. The quantitative estimate of drug-likeness (QED) is 0.557. The van der Waals surface area contributed by atoms with Gasteiger partial charge in [-0.1, -0.05) is 38.8 Å². The lowest BCUT2D eigenvalue weighted by atomic mass is 9.80. The van der Waals surface area contributed by atoms with Crippen molar-refractivity contribution in [2.45, 2.75) is 84.8 Å². The Bertz CT molecular complexity index is 1090. The molecule has 1 spiro atoms. The average molecular weight is 514 g/mol. The van der Waals surface area contributed by atoms with Crippen LogP contribution in [-0.4, -0.2) is 62.6 Å². The van der Waals surface area contributed by atoms with Gasteiger partial charge >= 0.3 is 0 Å². The Morgan fingerprint density at radius 3 is 2.42 bits per heavy atom. The van der Waals surface area contributed by atoms with Crippen LogP contribution in [0.15, 0.2) is 24.3 Å². The molecule has 1 atom stereocenters. The number of piperidine rings is 1. The van der Waals surface area contributed by atoms with E-state index in [2.05, 4.69) is 44.8 Å². The summed E-state index contributed by atoms with van der Waals surface area (Å²) in [6.07, 6.45) is 3.92. The Balaban J connectivity index is 1.49. The second-order valence-electron chi connectivity index (χ2n) is 10.8. The number of carbonyl (C=O) groups is 2. The molecular weight excluding hydrogens is 474 g/mol. The van der Waals surface area contributed by atoms with Gasteiger partial charge in [0.2, 0.25) is 11.8 Å². The minimum absolute atomic E-state index is 0.0337. The van der Waals surface area contributed by atoms with Gasteiger partial charge in [-0.25, -0.2) is 4.68 Å². The fourth-order valence-electron chi connectivity index (χ4n) is 5.69. The van der Waals surface area contributed by atoms with Crippen LogP contribution < -0.4 is 5.32 Å². The van der Waals surface area contributed by atoms with Gasteiger partial charge in [-0.05, 0) is 69.7 Å². The number of likely N-dealkylation sites (tertiary alicyclic amines) is 1. The van der Waals surface area contributed by atoms with Crippen molar-refractivity contribution < 1.29 is 9.59 Å². The van der Waals surface area contributed by atoms with Crippen molar-refractivity contribution in [2.75, 3.05) is 19.6 Å². The first-order chi connectivity index (χ1) is 17.2.